The molecule has 0 spiro atoms. The molecule has 4 rings (SSSR count). The highest BCUT2D eigenvalue weighted by Crippen LogP contribution is 2.35. The molecule has 0 atom stereocenters. The Morgan fingerprint density at radius 2 is 1.94 bits per heavy atom. The Kier molecular flexibility index (Phi) is 5.06. The predicted octanol–water partition coefficient (Wildman–Crippen LogP) is 4.21. The van der Waals surface area contributed by atoms with Crippen molar-refractivity contribution >= 4 is 17.4 Å². The molecule has 0 radical (unpaired) electrons. The molecule has 0 bridgehead atoms. The van der Waals surface area contributed by atoms with Gasteiger partial charge in [-0.05, 0) is 37.5 Å². The van der Waals surface area contributed by atoms with Gasteiger partial charge in [0.25, 0.3) is 5.91 Å². The number of nitrogens with one attached hydrogen (secondary N) is 2. The minimum Gasteiger partial charge on any atom is -0.361 e. The van der Waals surface area contributed by atoms with E-state index in [1.807, 2.05) is 5.32 Å². The number of hydrogen-bond donors (Lipinski definition) is 2. The zero-order valence-corrected chi connectivity index (χ0v) is 16.3. The van der Waals surface area contributed by atoms with Gasteiger partial charge < -0.3 is 10.6 Å². The van der Waals surface area contributed by atoms with Crippen LogP contribution in [-0.4, -0.2) is 45.0 Å². The van der Waals surface area contributed by atoms with E-state index in [2.05, 4.69) is 15.3 Å². The van der Waals surface area contributed by atoms with Crippen LogP contribution in [0.1, 0.15) is 28.8 Å². The smallest absolute Gasteiger partial charge is 0.361 e. The molecule has 0 aliphatic heterocycles. The number of imidazole rings is 1. The van der Waals surface area contributed by atoms with E-state index in [0.29, 0.717) is 16.8 Å². The average molecular weight is 439 g/mol. The lowest BCUT2D eigenvalue weighted by atomic mass is 10.0. The largest absolute Gasteiger partial charge is 0.455 e. The first-order valence-electron chi connectivity index (χ1n) is 9.49. The van der Waals surface area contributed by atoms with Gasteiger partial charge in [-0.3, -0.25) is 9.20 Å². The highest BCUT2D eigenvalue weighted by Gasteiger charge is 2.57. The van der Waals surface area contributed by atoms with Gasteiger partial charge in [0, 0.05) is 29.6 Å². The van der Waals surface area contributed by atoms with Crippen LogP contribution < -0.4 is 10.6 Å². The van der Waals surface area contributed by atoms with Gasteiger partial charge >= 0.3 is 12.1 Å². The van der Waals surface area contributed by atoms with Crippen molar-refractivity contribution < 1.29 is 26.7 Å². The van der Waals surface area contributed by atoms with Crippen LogP contribution in [0.2, 0.25) is 0 Å². The third kappa shape index (κ3) is 4.17. The van der Waals surface area contributed by atoms with E-state index < -0.39 is 18.6 Å². The molecule has 1 aliphatic rings. The molecular weight excluding hydrogens is 421 g/mol. The highest BCUT2D eigenvalue weighted by molar-refractivity contribution is 5.96. The van der Waals surface area contributed by atoms with E-state index in [0.717, 1.165) is 18.4 Å². The summed E-state index contributed by atoms with van der Waals surface area (Å²) in [6.07, 6.45) is 0.540. The van der Waals surface area contributed by atoms with Crippen LogP contribution in [0.3, 0.4) is 0 Å². The molecule has 0 saturated heterocycles. The van der Waals surface area contributed by atoms with Crippen LogP contribution >= 0.6 is 0 Å². The van der Waals surface area contributed by atoms with Crippen molar-refractivity contribution in [2.24, 2.45) is 0 Å². The maximum absolute atomic E-state index is 13.2. The lowest BCUT2D eigenvalue weighted by Gasteiger charge is -2.20. The summed E-state index contributed by atoms with van der Waals surface area (Å²) in [4.78, 5) is 20.3. The normalized spacial score (nSPS) is 14.6. The summed E-state index contributed by atoms with van der Waals surface area (Å²) >= 11 is 0. The summed E-state index contributed by atoms with van der Waals surface area (Å²) in [5, 5.41) is 4.97. The van der Waals surface area contributed by atoms with Gasteiger partial charge in [-0.25, -0.2) is 9.97 Å². The molecule has 164 valence electrons. The van der Waals surface area contributed by atoms with Crippen molar-refractivity contribution in [2.75, 3.05) is 11.9 Å². The van der Waals surface area contributed by atoms with Crippen LogP contribution in [0.15, 0.2) is 36.8 Å². The van der Waals surface area contributed by atoms with Gasteiger partial charge in [0.2, 0.25) is 0 Å². The number of carbonyl (C=O) groups excluding carboxylic acids is 1. The Bertz CT molecular complexity index is 1140. The van der Waals surface area contributed by atoms with Gasteiger partial charge in [-0.15, -0.1) is 0 Å². The molecule has 1 fully saturated rings. The Balaban J connectivity index is 1.60. The fourth-order valence-electron chi connectivity index (χ4n) is 3.12. The summed E-state index contributed by atoms with van der Waals surface area (Å²) in [5.74, 6) is -5.26. The van der Waals surface area contributed by atoms with Crippen molar-refractivity contribution in [3.05, 3.63) is 47.9 Å². The number of halogens is 5. The number of aromatic nitrogens is 3. The SMILES string of the molecule is Cc1cc(-c2cnc3c(NCC(F)(F)C(F)(F)F)nccn23)ccc1C(=O)NC1CC1. The number of hydrogen-bond acceptors (Lipinski definition) is 4. The number of alkyl halides is 5. The number of carbonyl (C=O) groups is 1. The molecule has 3 aromatic rings. The van der Waals surface area contributed by atoms with Gasteiger partial charge in [0.1, 0.15) is 0 Å². The number of fused-ring (bicyclic) bond motifs is 1. The molecule has 1 saturated carbocycles. The van der Waals surface area contributed by atoms with Crippen molar-refractivity contribution in [2.45, 2.75) is 37.9 Å². The summed E-state index contributed by atoms with van der Waals surface area (Å²) in [5.41, 5.74) is 2.65. The average Bonchev–Trinajstić information content (AvgIpc) is 3.40. The minimum absolute atomic E-state index is 0.101. The number of amides is 1. The first-order valence-corrected chi connectivity index (χ1v) is 9.49. The van der Waals surface area contributed by atoms with E-state index in [1.165, 1.54) is 23.0 Å². The Morgan fingerprint density at radius 3 is 2.58 bits per heavy atom. The number of aryl methyl sites for hydroxylation is 1. The second kappa shape index (κ2) is 7.47. The number of benzene rings is 1. The second-order valence-corrected chi connectivity index (χ2v) is 7.45. The van der Waals surface area contributed by atoms with Crippen molar-refractivity contribution in [1.29, 1.82) is 0 Å². The van der Waals surface area contributed by atoms with E-state index in [9.17, 15) is 26.7 Å². The molecular formula is C20H18F5N5O. The molecule has 2 heterocycles. The lowest BCUT2D eigenvalue weighted by Crippen LogP contribution is -2.42. The van der Waals surface area contributed by atoms with Gasteiger partial charge in [0.15, 0.2) is 11.5 Å². The topological polar surface area (TPSA) is 71.3 Å². The third-order valence-corrected chi connectivity index (χ3v) is 5.00. The Labute approximate surface area is 173 Å². The monoisotopic (exact) mass is 439 g/mol. The molecule has 31 heavy (non-hydrogen) atoms. The van der Waals surface area contributed by atoms with Crippen molar-refractivity contribution in [1.82, 2.24) is 19.7 Å². The Morgan fingerprint density at radius 1 is 1.19 bits per heavy atom. The second-order valence-electron chi connectivity index (χ2n) is 7.45. The van der Waals surface area contributed by atoms with Crippen LogP contribution in [0.5, 0.6) is 0 Å². The van der Waals surface area contributed by atoms with Crippen LogP contribution in [-0.2, 0) is 0 Å². The third-order valence-electron chi connectivity index (χ3n) is 5.00. The zero-order chi connectivity index (χ0) is 22.4. The summed E-state index contributed by atoms with van der Waals surface area (Å²) < 4.78 is 65.3. The van der Waals surface area contributed by atoms with Crippen molar-refractivity contribution in [3.63, 3.8) is 0 Å². The minimum atomic E-state index is -5.67. The molecule has 1 amide bonds. The zero-order valence-electron chi connectivity index (χ0n) is 16.3. The molecule has 0 unspecified atom stereocenters. The summed E-state index contributed by atoms with van der Waals surface area (Å²) in [6.45, 7) is 0.136. The Hall–Kier alpha value is -3.24. The maximum atomic E-state index is 13.2. The molecule has 2 N–H and O–H groups in total. The van der Waals surface area contributed by atoms with E-state index >= 15 is 0 Å². The standard InChI is InChI=1S/C20H18F5N5O/c1-11-8-12(2-5-14(11)18(31)29-13-3-4-13)15-9-27-17-16(26-6-7-30(15)17)28-10-19(21,22)20(23,24)25/h2,5-9,13H,3-4,10H2,1H3,(H,26,28)(H,29,31). The first-order chi connectivity index (χ1) is 14.6. The number of rotatable bonds is 6. The van der Waals surface area contributed by atoms with Crippen LogP contribution in [0.25, 0.3) is 16.9 Å². The fraction of sp³-hybridized carbons (Fsp3) is 0.350. The van der Waals surface area contributed by atoms with E-state index in [-0.39, 0.29) is 23.4 Å². The molecule has 11 heteroatoms. The van der Waals surface area contributed by atoms with Crippen LogP contribution in [0.4, 0.5) is 27.8 Å². The number of nitrogens with zero attached hydrogens (tertiary/aromatic N) is 3. The maximum Gasteiger partial charge on any atom is 0.455 e. The summed E-state index contributed by atoms with van der Waals surface area (Å²) in [7, 11) is 0. The molecule has 6 nitrogen and oxygen atoms in total. The van der Waals surface area contributed by atoms with E-state index in [1.54, 1.807) is 25.1 Å². The first kappa shape index (κ1) is 21.0. The van der Waals surface area contributed by atoms with Gasteiger partial charge in [-0.2, -0.15) is 22.0 Å². The predicted molar refractivity (Wildman–Crippen MR) is 103 cm³/mol. The quantitative estimate of drug-likeness (QED) is 0.565. The van der Waals surface area contributed by atoms with Crippen molar-refractivity contribution in [3.8, 4) is 11.3 Å². The van der Waals surface area contributed by atoms with Gasteiger partial charge in [-0.1, -0.05) is 6.07 Å². The lowest BCUT2D eigenvalue weighted by molar-refractivity contribution is -0.275. The molecule has 1 aliphatic carbocycles. The molecule has 1 aromatic carbocycles. The fourth-order valence-corrected chi connectivity index (χ4v) is 3.12. The van der Waals surface area contributed by atoms with E-state index in [4.69, 9.17) is 0 Å². The van der Waals surface area contributed by atoms with Crippen LogP contribution in [0, 0.1) is 6.92 Å². The number of anilines is 1. The summed E-state index contributed by atoms with van der Waals surface area (Å²) in [6, 6.07) is 5.43. The van der Waals surface area contributed by atoms with Gasteiger partial charge in [0.05, 0.1) is 18.4 Å². The molecule has 2 aromatic heterocycles. The highest BCUT2D eigenvalue weighted by atomic mass is 19.4.